The molecule has 3 aromatic rings. The summed E-state index contributed by atoms with van der Waals surface area (Å²) in [7, 11) is 0. The average Bonchev–Trinajstić information content (AvgIpc) is 3.42. The van der Waals surface area contributed by atoms with Crippen molar-refractivity contribution in [3.05, 3.63) is 58.7 Å². The largest absolute Gasteiger partial charge is 0.481 e. The number of aryl methyl sites for hydroxylation is 3. The molecule has 1 aliphatic rings. The molecule has 0 spiro atoms. The Morgan fingerprint density at radius 3 is 2.70 bits per heavy atom. The number of allylic oxidation sites excluding steroid dienone is 3. The number of alkyl halides is 1. The van der Waals surface area contributed by atoms with Crippen molar-refractivity contribution in [2.45, 2.75) is 57.9 Å². The van der Waals surface area contributed by atoms with Crippen LogP contribution in [0.25, 0.3) is 22.0 Å². The Kier molecular flexibility index (Phi) is 8.08. The molecule has 176 valence electrons. The third kappa shape index (κ3) is 5.04. The Bertz CT molecular complexity index is 1210. The van der Waals surface area contributed by atoms with Crippen LogP contribution in [0.5, 0.6) is 0 Å². The van der Waals surface area contributed by atoms with Crippen LogP contribution in [0.1, 0.15) is 49.8 Å². The predicted molar refractivity (Wildman–Crippen MR) is 133 cm³/mol. The first kappa shape index (κ1) is 25.1. The average molecular weight is 491 g/mol. The van der Waals surface area contributed by atoms with E-state index in [9.17, 15) is 14.3 Å². The molecule has 33 heavy (non-hydrogen) atoms. The number of rotatable bonds is 6. The molecule has 1 aromatic carbocycles. The number of benzene rings is 1. The molecule has 0 saturated heterocycles. The van der Waals surface area contributed by atoms with Crippen LogP contribution in [0.2, 0.25) is 0 Å². The maximum absolute atomic E-state index is 14.7. The number of fused-ring (bicyclic) bond motifs is 3. The van der Waals surface area contributed by atoms with E-state index in [1.165, 1.54) is 6.07 Å². The van der Waals surface area contributed by atoms with Crippen LogP contribution < -0.4 is 0 Å². The van der Waals surface area contributed by atoms with Gasteiger partial charge in [0.25, 0.3) is 0 Å². The standard InChI is InChI=1S/C22H23FN2O3S.C3H5Cl/c1-5-11(2)29-22-20-16(19-12(3)24-28-13(19)4)9-15(23)10-17(20)25-7-6-14(21(22)25)8-18(26)27;1-2-3-4/h5,9-10,14H,6-8H2,1-4H3,(H,26,27);2H,1,3H2/b11-5+;. The molecule has 1 aliphatic heterocycles. The van der Waals surface area contributed by atoms with Crippen molar-refractivity contribution in [2.24, 2.45) is 0 Å². The van der Waals surface area contributed by atoms with Gasteiger partial charge in [0.05, 0.1) is 17.6 Å². The molecule has 3 heterocycles. The molecule has 0 amide bonds. The molecule has 2 aromatic heterocycles. The van der Waals surface area contributed by atoms with Gasteiger partial charge in [-0.05, 0) is 51.2 Å². The number of carboxylic acid groups (broad SMARTS) is 1. The monoisotopic (exact) mass is 490 g/mol. The number of aliphatic carboxylic acids is 1. The highest BCUT2D eigenvalue weighted by molar-refractivity contribution is 8.03. The zero-order valence-corrected chi connectivity index (χ0v) is 20.8. The number of hydrogen-bond donors (Lipinski definition) is 1. The molecule has 5 nitrogen and oxygen atoms in total. The fourth-order valence-corrected chi connectivity index (χ4v) is 5.43. The van der Waals surface area contributed by atoms with E-state index < -0.39 is 5.97 Å². The minimum atomic E-state index is -0.815. The number of hydrogen-bond acceptors (Lipinski definition) is 4. The molecule has 8 heteroatoms. The minimum absolute atomic E-state index is 0.0713. The van der Waals surface area contributed by atoms with Gasteiger partial charge in [-0.3, -0.25) is 4.79 Å². The van der Waals surface area contributed by atoms with Crippen LogP contribution in [-0.2, 0) is 11.3 Å². The lowest BCUT2D eigenvalue weighted by atomic mass is 9.97. The van der Waals surface area contributed by atoms with Crippen LogP contribution in [0.15, 0.2) is 45.2 Å². The maximum Gasteiger partial charge on any atom is 0.304 e. The van der Waals surface area contributed by atoms with Gasteiger partial charge in [-0.1, -0.05) is 29.1 Å². The number of aromatic nitrogens is 2. The predicted octanol–water partition coefficient (Wildman–Crippen LogP) is 7.44. The number of carbonyl (C=O) groups is 1. The van der Waals surface area contributed by atoms with Crippen molar-refractivity contribution in [3.63, 3.8) is 0 Å². The first-order valence-corrected chi connectivity index (χ1v) is 12.1. The zero-order chi connectivity index (χ0) is 24.3. The fraction of sp³-hybridized carbons (Fsp3) is 0.360. The van der Waals surface area contributed by atoms with Crippen molar-refractivity contribution in [3.8, 4) is 11.1 Å². The van der Waals surface area contributed by atoms with Gasteiger partial charge in [0.1, 0.15) is 11.6 Å². The second-order valence-electron chi connectivity index (χ2n) is 7.94. The minimum Gasteiger partial charge on any atom is -0.481 e. The highest BCUT2D eigenvalue weighted by Crippen LogP contribution is 2.50. The van der Waals surface area contributed by atoms with Gasteiger partial charge in [0.15, 0.2) is 0 Å². The summed E-state index contributed by atoms with van der Waals surface area (Å²) in [5, 5.41) is 14.4. The summed E-state index contributed by atoms with van der Waals surface area (Å²) < 4.78 is 22.1. The smallest absolute Gasteiger partial charge is 0.304 e. The number of nitrogens with zero attached hydrogens (tertiary/aromatic N) is 2. The summed E-state index contributed by atoms with van der Waals surface area (Å²) in [4.78, 5) is 13.6. The van der Waals surface area contributed by atoms with E-state index in [-0.39, 0.29) is 18.2 Å². The molecule has 1 unspecified atom stereocenters. The third-order valence-electron chi connectivity index (χ3n) is 5.71. The quantitative estimate of drug-likeness (QED) is 0.221. The topological polar surface area (TPSA) is 68.3 Å². The molecule has 0 saturated carbocycles. The van der Waals surface area contributed by atoms with Crippen LogP contribution in [0.4, 0.5) is 4.39 Å². The lowest BCUT2D eigenvalue weighted by molar-refractivity contribution is -0.137. The maximum atomic E-state index is 14.7. The van der Waals surface area contributed by atoms with Gasteiger partial charge in [-0.15, -0.1) is 18.2 Å². The molecule has 0 fully saturated rings. The second-order valence-corrected chi connectivity index (χ2v) is 9.51. The van der Waals surface area contributed by atoms with E-state index in [0.29, 0.717) is 23.9 Å². The molecule has 4 rings (SSSR count). The number of halogens is 2. The summed E-state index contributed by atoms with van der Waals surface area (Å²) in [5.41, 5.74) is 4.05. The number of carboxylic acids is 1. The highest BCUT2D eigenvalue weighted by Gasteiger charge is 2.33. The third-order valence-corrected chi connectivity index (χ3v) is 7.11. The van der Waals surface area contributed by atoms with Gasteiger partial charge in [0.2, 0.25) is 0 Å². The van der Waals surface area contributed by atoms with Crippen molar-refractivity contribution in [2.75, 3.05) is 5.88 Å². The Hall–Kier alpha value is -2.51. The Labute approximate surface area is 202 Å². The Balaban J connectivity index is 0.000000709. The summed E-state index contributed by atoms with van der Waals surface area (Å²) >= 11 is 6.69. The van der Waals surface area contributed by atoms with Gasteiger partial charge in [-0.2, -0.15) is 0 Å². The molecule has 1 N–H and O–H groups in total. The molecule has 1 atom stereocenters. The van der Waals surface area contributed by atoms with Crippen LogP contribution in [-0.4, -0.2) is 26.7 Å². The summed E-state index contributed by atoms with van der Waals surface area (Å²) in [6.45, 7) is 11.7. The van der Waals surface area contributed by atoms with Gasteiger partial charge in [0, 0.05) is 45.4 Å². The SMILES string of the molecule is C/C=C(\C)Sc1c2n(c3cc(F)cc(-c4c(C)noc4C)c13)CCC2CC(=O)O.C=CCCl. The van der Waals surface area contributed by atoms with E-state index in [1.807, 2.05) is 33.8 Å². The van der Waals surface area contributed by atoms with E-state index in [2.05, 4.69) is 16.3 Å². The van der Waals surface area contributed by atoms with E-state index >= 15 is 0 Å². The molecule has 0 bridgehead atoms. The van der Waals surface area contributed by atoms with Crippen molar-refractivity contribution >= 4 is 40.2 Å². The van der Waals surface area contributed by atoms with Crippen molar-refractivity contribution in [1.29, 1.82) is 0 Å². The fourth-order valence-electron chi connectivity index (χ4n) is 4.29. The van der Waals surface area contributed by atoms with Crippen LogP contribution >= 0.6 is 23.4 Å². The first-order valence-electron chi connectivity index (χ1n) is 10.7. The van der Waals surface area contributed by atoms with Gasteiger partial charge >= 0.3 is 5.97 Å². The van der Waals surface area contributed by atoms with E-state index in [0.717, 1.165) is 43.9 Å². The van der Waals surface area contributed by atoms with E-state index in [4.69, 9.17) is 16.1 Å². The van der Waals surface area contributed by atoms with Crippen LogP contribution in [0.3, 0.4) is 0 Å². The van der Waals surface area contributed by atoms with Crippen LogP contribution in [0, 0.1) is 19.7 Å². The first-order chi connectivity index (χ1) is 15.7. The summed E-state index contributed by atoms with van der Waals surface area (Å²) in [6, 6.07) is 3.09. The zero-order valence-electron chi connectivity index (χ0n) is 19.2. The Morgan fingerprint density at radius 2 is 2.15 bits per heavy atom. The molecular formula is C25H28ClFN2O3S. The van der Waals surface area contributed by atoms with Crippen molar-refractivity contribution in [1.82, 2.24) is 9.72 Å². The number of thioether (sulfide) groups is 1. The van der Waals surface area contributed by atoms with Gasteiger partial charge in [-0.25, -0.2) is 4.39 Å². The van der Waals surface area contributed by atoms with Crippen molar-refractivity contribution < 1.29 is 18.8 Å². The normalized spacial score (nSPS) is 15.3. The lowest BCUT2D eigenvalue weighted by Gasteiger charge is -2.12. The van der Waals surface area contributed by atoms with E-state index in [1.54, 1.807) is 23.9 Å². The van der Waals surface area contributed by atoms with Gasteiger partial charge < -0.3 is 14.2 Å². The molecule has 0 radical (unpaired) electrons. The molecule has 0 aliphatic carbocycles. The second kappa shape index (κ2) is 10.6. The summed E-state index contributed by atoms with van der Waals surface area (Å²) in [5.74, 6) is -0.0347. The summed E-state index contributed by atoms with van der Waals surface area (Å²) in [6.07, 6.45) is 4.49. The molecular weight excluding hydrogens is 463 g/mol. The lowest BCUT2D eigenvalue weighted by Crippen LogP contribution is -2.04. The highest BCUT2D eigenvalue weighted by atomic mass is 35.5. The Morgan fingerprint density at radius 1 is 1.45 bits per heavy atom.